The maximum atomic E-state index is 13.4. The van der Waals surface area contributed by atoms with Crippen LogP contribution >= 0.6 is 0 Å². The highest BCUT2D eigenvalue weighted by Crippen LogP contribution is 2.21. The van der Waals surface area contributed by atoms with Gasteiger partial charge in [0.05, 0.1) is 11.3 Å². The van der Waals surface area contributed by atoms with Crippen LogP contribution in [0.5, 0.6) is 0 Å². The Morgan fingerprint density at radius 1 is 1.00 bits per heavy atom. The van der Waals surface area contributed by atoms with Crippen molar-refractivity contribution in [3.05, 3.63) is 59.7 Å². The lowest BCUT2D eigenvalue weighted by Crippen LogP contribution is -2.18. The average Bonchev–Trinajstić information content (AvgIpc) is 2.42. The number of nitrogens with one attached hydrogen (secondary N) is 2. The van der Waals surface area contributed by atoms with Gasteiger partial charge in [-0.25, -0.2) is 8.78 Å². The molecule has 0 radical (unpaired) electrons. The Labute approximate surface area is 108 Å². The molecule has 0 aromatic heterocycles. The summed E-state index contributed by atoms with van der Waals surface area (Å²) < 4.78 is 26.8. The number of benzene rings is 2. The summed E-state index contributed by atoms with van der Waals surface area (Å²) in [6.45, 7) is 0. The van der Waals surface area contributed by atoms with Gasteiger partial charge in [-0.2, -0.15) is 0 Å². The van der Waals surface area contributed by atoms with Crippen LogP contribution in [0.25, 0.3) is 0 Å². The van der Waals surface area contributed by atoms with Crippen LogP contribution in [0.2, 0.25) is 0 Å². The normalized spacial score (nSPS) is 10.1. The number of carbonyl (C=O) groups is 1. The van der Waals surface area contributed by atoms with E-state index in [1.165, 1.54) is 12.1 Å². The van der Waals surface area contributed by atoms with Gasteiger partial charge in [0.25, 0.3) is 5.91 Å². The minimum absolute atomic E-state index is 0.188. The largest absolute Gasteiger partial charge is 0.323 e. The van der Waals surface area contributed by atoms with Crippen molar-refractivity contribution in [3.63, 3.8) is 0 Å². The second-order valence-corrected chi connectivity index (χ2v) is 3.74. The Hall–Kier alpha value is -2.47. The van der Waals surface area contributed by atoms with Crippen molar-refractivity contribution in [3.8, 4) is 0 Å². The number of hydrogen-bond donors (Lipinski definition) is 3. The Balaban J connectivity index is 2.31. The van der Waals surface area contributed by atoms with Gasteiger partial charge in [0.1, 0.15) is 17.3 Å². The smallest absolute Gasteiger partial charge is 0.257 e. The van der Waals surface area contributed by atoms with E-state index in [0.29, 0.717) is 5.69 Å². The van der Waals surface area contributed by atoms with Crippen LogP contribution in [-0.4, -0.2) is 5.91 Å². The van der Waals surface area contributed by atoms with Gasteiger partial charge in [-0.1, -0.05) is 18.2 Å². The fraction of sp³-hybridized carbons (Fsp3) is 0. The standard InChI is InChI=1S/C13H11F2N3O/c14-9-5-3-6-10(15)12(9)17-13(19)8-4-1-2-7-11(8)18-16/h1-7,18H,16H2,(H,17,19). The zero-order chi connectivity index (χ0) is 13.8. The average molecular weight is 263 g/mol. The number of halogens is 2. The fourth-order valence-electron chi connectivity index (χ4n) is 1.61. The molecule has 4 N–H and O–H groups in total. The van der Waals surface area contributed by atoms with Crippen molar-refractivity contribution in [1.82, 2.24) is 0 Å². The van der Waals surface area contributed by atoms with Gasteiger partial charge in [-0.3, -0.25) is 10.6 Å². The molecule has 2 aromatic carbocycles. The maximum absolute atomic E-state index is 13.4. The van der Waals surface area contributed by atoms with Crippen molar-refractivity contribution in [2.75, 3.05) is 10.7 Å². The molecule has 2 aromatic rings. The molecule has 0 bridgehead atoms. The van der Waals surface area contributed by atoms with Crippen molar-refractivity contribution >= 4 is 17.3 Å². The molecule has 98 valence electrons. The van der Waals surface area contributed by atoms with Crippen LogP contribution in [0.4, 0.5) is 20.2 Å². The third kappa shape index (κ3) is 2.69. The van der Waals surface area contributed by atoms with E-state index in [1.807, 2.05) is 0 Å². The predicted octanol–water partition coefficient (Wildman–Crippen LogP) is 2.50. The SMILES string of the molecule is NNc1ccccc1C(=O)Nc1c(F)cccc1F. The van der Waals surface area contributed by atoms with E-state index in [0.717, 1.165) is 12.1 Å². The monoisotopic (exact) mass is 263 g/mol. The topological polar surface area (TPSA) is 67.1 Å². The first-order chi connectivity index (χ1) is 9.13. The van der Waals surface area contributed by atoms with E-state index in [-0.39, 0.29) is 5.56 Å². The van der Waals surface area contributed by atoms with E-state index >= 15 is 0 Å². The van der Waals surface area contributed by atoms with E-state index in [2.05, 4.69) is 10.7 Å². The van der Waals surface area contributed by atoms with Crippen molar-refractivity contribution < 1.29 is 13.6 Å². The molecule has 4 nitrogen and oxygen atoms in total. The van der Waals surface area contributed by atoms with Gasteiger partial charge in [0.2, 0.25) is 0 Å². The van der Waals surface area contributed by atoms with Gasteiger partial charge in [0, 0.05) is 0 Å². The Bertz CT molecular complexity index is 596. The first kappa shape index (κ1) is 13.0. The van der Waals surface area contributed by atoms with Gasteiger partial charge in [-0.05, 0) is 24.3 Å². The molecular formula is C13H11F2N3O. The lowest BCUT2D eigenvalue weighted by Gasteiger charge is -2.10. The molecule has 2 rings (SSSR count). The summed E-state index contributed by atoms with van der Waals surface area (Å²) in [6, 6.07) is 9.70. The molecule has 0 aliphatic rings. The molecule has 0 unspecified atom stereocenters. The maximum Gasteiger partial charge on any atom is 0.257 e. The van der Waals surface area contributed by atoms with Gasteiger partial charge in [-0.15, -0.1) is 0 Å². The Kier molecular flexibility index (Phi) is 3.72. The number of hydrazine groups is 1. The Morgan fingerprint density at radius 3 is 2.26 bits per heavy atom. The van der Waals surface area contributed by atoms with Gasteiger partial charge >= 0.3 is 0 Å². The van der Waals surface area contributed by atoms with Crippen LogP contribution in [0.1, 0.15) is 10.4 Å². The molecule has 0 fully saturated rings. The summed E-state index contributed by atoms with van der Waals surface area (Å²) in [5, 5.41) is 2.18. The molecule has 6 heteroatoms. The van der Waals surface area contributed by atoms with Gasteiger partial charge < -0.3 is 10.7 Å². The first-order valence-corrected chi connectivity index (χ1v) is 5.44. The number of hydrogen-bond acceptors (Lipinski definition) is 3. The van der Waals surface area contributed by atoms with Gasteiger partial charge in [0.15, 0.2) is 0 Å². The summed E-state index contributed by atoms with van der Waals surface area (Å²) >= 11 is 0. The van der Waals surface area contributed by atoms with Crippen LogP contribution < -0.4 is 16.6 Å². The highest BCUT2D eigenvalue weighted by molar-refractivity contribution is 6.08. The predicted molar refractivity (Wildman–Crippen MR) is 68.6 cm³/mol. The summed E-state index contributed by atoms with van der Waals surface area (Å²) in [6.07, 6.45) is 0. The number of anilines is 2. The highest BCUT2D eigenvalue weighted by atomic mass is 19.1. The van der Waals surface area contributed by atoms with Crippen LogP contribution in [-0.2, 0) is 0 Å². The quantitative estimate of drug-likeness (QED) is 0.588. The molecule has 0 saturated heterocycles. The molecule has 0 heterocycles. The van der Waals surface area contributed by atoms with E-state index in [1.54, 1.807) is 18.2 Å². The third-order valence-electron chi connectivity index (χ3n) is 2.53. The minimum Gasteiger partial charge on any atom is -0.323 e. The molecule has 0 aliphatic heterocycles. The van der Waals surface area contributed by atoms with E-state index < -0.39 is 23.2 Å². The summed E-state index contributed by atoms with van der Waals surface area (Å²) in [7, 11) is 0. The zero-order valence-electron chi connectivity index (χ0n) is 9.78. The number of nitrogens with two attached hydrogens (primary N) is 1. The summed E-state index contributed by atoms with van der Waals surface area (Å²) in [5.41, 5.74) is 2.40. The first-order valence-electron chi connectivity index (χ1n) is 5.44. The molecule has 0 spiro atoms. The number of rotatable bonds is 3. The fourth-order valence-corrected chi connectivity index (χ4v) is 1.61. The van der Waals surface area contributed by atoms with E-state index in [9.17, 15) is 13.6 Å². The molecule has 0 atom stereocenters. The number of amides is 1. The lowest BCUT2D eigenvalue weighted by molar-refractivity contribution is 0.102. The number of nitrogen functional groups attached to an aromatic ring is 1. The summed E-state index contributed by atoms with van der Waals surface area (Å²) in [4.78, 5) is 12.0. The second kappa shape index (κ2) is 5.45. The van der Waals surface area contributed by atoms with Crippen LogP contribution in [0, 0.1) is 11.6 Å². The van der Waals surface area contributed by atoms with Crippen LogP contribution in [0.15, 0.2) is 42.5 Å². The van der Waals surface area contributed by atoms with Crippen LogP contribution in [0.3, 0.4) is 0 Å². The molecule has 19 heavy (non-hydrogen) atoms. The molecular weight excluding hydrogens is 252 g/mol. The molecule has 1 amide bonds. The zero-order valence-corrected chi connectivity index (χ0v) is 9.78. The number of carbonyl (C=O) groups excluding carboxylic acids is 1. The molecule has 0 saturated carbocycles. The van der Waals surface area contributed by atoms with Crippen molar-refractivity contribution in [2.45, 2.75) is 0 Å². The molecule has 0 aliphatic carbocycles. The minimum atomic E-state index is -0.841. The van der Waals surface area contributed by atoms with Crippen molar-refractivity contribution in [1.29, 1.82) is 0 Å². The number of para-hydroxylation sites is 2. The highest BCUT2D eigenvalue weighted by Gasteiger charge is 2.15. The van der Waals surface area contributed by atoms with E-state index in [4.69, 9.17) is 5.84 Å². The lowest BCUT2D eigenvalue weighted by atomic mass is 10.1. The third-order valence-corrected chi connectivity index (χ3v) is 2.53. The summed E-state index contributed by atoms with van der Waals surface area (Å²) in [5.74, 6) is 2.93. The van der Waals surface area contributed by atoms with Crippen molar-refractivity contribution in [2.24, 2.45) is 5.84 Å². The Morgan fingerprint density at radius 2 is 1.63 bits per heavy atom. The second-order valence-electron chi connectivity index (χ2n) is 3.74.